The Morgan fingerprint density at radius 2 is 2.10 bits per heavy atom. The number of hydrogen-bond donors (Lipinski definition) is 2. The predicted octanol–water partition coefficient (Wildman–Crippen LogP) is 4.31. The number of allylic oxidation sites excluding steroid dienone is 3. The van der Waals surface area contributed by atoms with Crippen molar-refractivity contribution in [3.63, 3.8) is 0 Å². The first-order valence-corrected chi connectivity index (χ1v) is 14.5. The van der Waals surface area contributed by atoms with Gasteiger partial charge in [0.05, 0.1) is 30.4 Å². The van der Waals surface area contributed by atoms with E-state index in [1.54, 1.807) is 30.2 Å². The van der Waals surface area contributed by atoms with Crippen LogP contribution in [0, 0.1) is 11.3 Å². The summed E-state index contributed by atoms with van der Waals surface area (Å²) in [5, 5.41) is 22.0. The lowest BCUT2D eigenvalue weighted by molar-refractivity contribution is -0.116. The van der Waals surface area contributed by atoms with Gasteiger partial charge in [0.15, 0.2) is 21.6 Å². The van der Waals surface area contributed by atoms with E-state index in [-0.39, 0.29) is 35.6 Å². The monoisotopic (exact) mass is 588 g/mol. The van der Waals surface area contributed by atoms with Crippen LogP contribution >= 0.6 is 23.1 Å². The number of carbonyl (C=O) groups excluding carboxylic acids is 2. The van der Waals surface area contributed by atoms with Gasteiger partial charge in [0.25, 0.3) is 0 Å². The van der Waals surface area contributed by atoms with E-state index in [0.717, 1.165) is 11.3 Å². The molecule has 1 aliphatic carbocycles. The number of nitrogens with two attached hydrogens (primary N) is 1. The number of fused-ring (bicyclic) bond motifs is 1. The van der Waals surface area contributed by atoms with Crippen LogP contribution in [0.4, 0.5) is 10.8 Å². The van der Waals surface area contributed by atoms with Crippen LogP contribution in [0.15, 0.2) is 69.5 Å². The number of amides is 1. The van der Waals surface area contributed by atoms with Crippen molar-refractivity contribution >= 4 is 45.6 Å². The van der Waals surface area contributed by atoms with Gasteiger partial charge in [-0.3, -0.25) is 14.5 Å². The number of hydrogen-bond acceptors (Lipinski definition) is 12. The molecule has 208 valence electrons. The highest BCUT2D eigenvalue weighted by atomic mass is 32.2. The number of rotatable bonds is 7. The number of carbonyl (C=O) groups is 2. The highest BCUT2D eigenvalue weighted by Gasteiger charge is 2.41. The van der Waals surface area contributed by atoms with Crippen LogP contribution in [-0.2, 0) is 9.59 Å². The molecule has 1 aromatic heterocycles. The van der Waals surface area contributed by atoms with Crippen molar-refractivity contribution in [2.24, 2.45) is 5.73 Å². The predicted molar refractivity (Wildman–Crippen MR) is 153 cm³/mol. The highest BCUT2D eigenvalue weighted by Crippen LogP contribution is 2.47. The van der Waals surface area contributed by atoms with E-state index in [4.69, 9.17) is 19.9 Å². The van der Waals surface area contributed by atoms with Gasteiger partial charge in [-0.2, -0.15) is 5.26 Å². The van der Waals surface area contributed by atoms with Gasteiger partial charge in [0, 0.05) is 29.4 Å². The molecule has 0 radical (unpaired) electrons. The molecular weight excluding hydrogens is 564 g/mol. The molecule has 6 rings (SSSR count). The summed E-state index contributed by atoms with van der Waals surface area (Å²) in [5.74, 6) is 1.30. The molecule has 0 spiro atoms. The lowest BCUT2D eigenvalue weighted by Gasteiger charge is -2.38. The van der Waals surface area contributed by atoms with Gasteiger partial charge in [-0.15, -0.1) is 10.2 Å². The Morgan fingerprint density at radius 3 is 2.93 bits per heavy atom. The normalized spacial score (nSPS) is 17.8. The molecule has 11 nitrogen and oxygen atoms in total. The second-order valence-corrected chi connectivity index (χ2v) is 11.5. The molecule has 3 aliphatic rings. The largest absolute Gasteiger partial charge is 0.497 e. The second-order valence-electron chi connectivity index (χ2n) is 9.35. The minimum Gasteiger partial charge on any atom is -0.497 e. The lowest BCUT2D eigenvalue weighted by atomic mass is 9.76. The third-order valence-electron chi connectivity index (χ3n) is 6.91. The van der Waals surface area contributed by atoms with Crippen LogP contribution < -0.4 is 30.2 Å². The maximum atomic E-state index is 13.3. The van der Waals surface area contributed by atoms with Crippen molar-refractivity contribution in [1.82, 2.24) is 10.2 Å². The van der Waals surface area contributed by atoms with E-state index in [1.807, 2.05) is 24.3 Å². The Morgan fingerprint density at radius 1 is 1.24 bits per heavy atom. The molecule has 0 bridgehead atoms. The number of benzene rings is 2. The van der Waals surface area contributed by atoms with E-state index >= 15 is 0 Å². The maximum Gasteiger partial charge on any atom is 0.234 e. The number of aromatic nitrogens is 2. The van der Waals surface area contributed by atoms with Gasteiger partial charge < -0.3 is 25.3 Å². The smallest absolute Gasteiger partial charge is 0.234 e. The molecule has 0 saturated heterocycles. The molecule has 3 aromatic rings. The fraction of sp³-hybridized carbons (Fsp3) is 0.250. The Balaban J connectivity index is 1.24. The van der Waals surface area contributed by atoms with Gasteiger partial charge in [0.2, 0.25) is 17.8 Å². The van der Waals surface area contributed by atoms with Crippen molar-refractivity contribution in [2.45, 2.75) is 29.5 Å². The van der Waals surface area contributed by atoms with Gasteiger partial charge >= 0.3 is 0 Å². The average molecular weight is 589 g/mol. The zero-order valence-electron chi connectivity index (χ0n) is 21.9. The summed E-state index contributed by atoms with van der Waals surface area (Å²) in [6, 6.07) is 14.8. The fourth-order valence-electron chi connectivity index (χ4n) is 5.11. The number of Topliss-reactive ketones (excluding diaryl/α,β-unsaturated/α-hetero) is 1. The zero-order chi connectivity index (χ0) is 28.5. The van der Waals surface area contributed by atoms with Crippen LogP contribution in [0.1, 0.15) is 30.7 Å². The molecule has 1 amide bonds. The summed E-state index contributed by atoms with van der Waals surface area (Å²) in [4.78, 5) is 27.6. The van der Waals surface area contributed by atoms with Gasteiger partial charge in [-0.1, -0.05) is 35.2 Å². The molecule has 1 unspecified atom stereocenters. The van der Waals surface area contributed by atoms with E-state index in [1.165, 1.54) is 23.1 Å². The molecule has 1 atom stereocenters. The number of thioether (sulfide) groups is 1. The molecule has 41 heavy (non-hydrogen) atoms. The molecule has 0 saturated carbocycles. The SMILES string of the molecule is COc1cccc(C2C(C#N)=C(N)N(c3nnc(SCC(=O)Nc4ccc5c(c4)OCO5)s3)C3=C2C(=O)CCC3)c1. The Bertz CT molecular complexity index is 1660. The summed E-state index contributed by atoms with van der Waals surface area (Å²) < 4.78 is 16.6. The van der Waals surface area contributed by atoms with Gasteiger partial charge in [-0.25, -0.2) is 0 Å². The van der Waals surface area contributed by atoms with Crippen LogP contribution in [0.3, 0.4) is 0 Å². The number of ether oxygens (including phenoxy) is 3. The Labute approximate surface area is 243 Å². The number of nitriles is 1. The third kappa shape index (κ3) is 5.07. The molecule has 3 heterocycles. The Kier molecular flexibility index (Phi) is 7.25. The molecule has 3 N–H and O–H groups in total. The zero-order valence-corrected chi connectivity index (χ0v) is 23.5. The topological polar surface area (TPSA) is 153 Å². The summed E-state index contributed by atoms with van der Waals surface area (Å²) in [6.45, 7) is 0.156. The standard InChI is InChI=1S/C28H24N6O5S2/c1-37-17-5-2-4-15(10-17)24-18(12-29)26(30)34(19-6-3-7-20(35)25(19)24)27-32-33-28(41-27)40-13-23(36)31-16-8-9-21-22(11-16)39-14-38-21/h2,4-5,8-11,24H,3,6-7,13-14,30H2,1H3,(H,31,36). The first-order chi connectivity index (χ1) is 20.0. The quantitative estimate of drug-likeness (QED) is 0.380. The highest BCUT2D eigenvalue weighted by molar-refractivity contribution is 8.01. The van der Waals surface area contributed by atoms with Crippen molar-refractivity contribution < 1.29 is 23.8 Å². The van der Waals surface area contributed by atoms with E-state index < -0.39 is 5.92 Å². The van der Waals surface area contributed by atoms with E-state index in [0.29, 0.717) is 57.2 Å². The third-order valence-corrected chi connectivity index (χ3v) is 8.95. The molecule has 2 aromatic carbocycles. The molecular formula is C28H24N6O5S2. The first-order valence-electron chi connectivity index (χ1n) is 12.7. The number of anilines is 2. The molecule has 13 heteroatoms. The number of nitrogens with one attached hydrogen (secondary N) is 1. The van der Waals surface area contributed by atoms with Crippen molar-refractivity contribution in [2.75, 3.05) is 29.9 Å². The average Bonchev–Trinajstić information content (AvgIpc) is 3.65. The Hall–Kier alpha value is -4.54. The van der Waals surface area contributed by atoms with Crippen LogP contribution in [0.5, 0.6) is 17.2 Å². The lowest BCUT2D eigenvalue weighted by Crippen LogP contribution is -2.38. The minimum absolute atomic E-state index is 0.0244. The van der Waals surface area contributed by atoms with Crippen LogP contribution in [-0.4, -0.2) is 41.5 Å². The van der Waals surface area contributed by atoms with E-state index in [9.17, 15) is 14.9 Å². The minimum atomic E-state index is -0.601. The molecule has 2 aliphatic heterocycles. The van der Waals surface area contributed by atoms with Crippen molar-refractivity contribution in [1.29, 1.82) is 5.26 Å². The fourth-order valence-corrected chi connectivity index (χ4v) is 6.79. The van der Waals surface area contributed by atoms with Gasteiger partial charge in [0.1, 0.15) is 11.6 Å². The first kappa shape index (κ1) is 26.7. The van der Waals surface area contributed by atoms with Crippen LogP contribution in [0.25, 0.3) is 0 Å². The van der Waals surface area contributed by atoms with Crippen molar-refractivity contribution in [3.8, 4) is 23.3 Å². The summed E-state index contributed by atoms with van der Waals surface area (Å²) in [7, 11) is 1.57. The summed E-state index contributed by atoms with van der Waals surface area (Å²) in [5.41, 5.74) is 9.51. The molecule has 0 fully saturated rings. The number of ketones is 1. The number of methoxy groups -OCH3 is 1. The van der Waals surface area contributed by atoms with Gasteiger partial charge in [-0.05, 0) is 42.7 Å². The summed E-state index contributed by atoms with van der Waals surface area (Å²) in [6.07, 6.45) is 1.65. The maximum absolute atomic E-state index is 13.3. The van der Waals surface area contributed by atoms with Crippen LogP contribution in [0.2, 0.25) is 0 Å². The van der Waals surface area contributed by atoms with Crippen molar-refractivity contribution in [3.05, 3.63) is 70.7 Å². The number of nitrogens with zero attached hydrogens (tertiary/aromatic N) is 4. The van der Waals surface area contributed by atoms with E-state index in [2.05, 4.69) is 21.6 Å². The second kappa shape index (κ2) is 11.1. The summed E-state index contributed by atoms with van der Waals surface area (Å²) >= 11 is 2.47.